The van der Waals surface area contributed by atoms with Gasteiger partial charge in [0.05, 0.1) is 0 Å². The van der Waals surface area contributed by atoms with Gasteiger partial charge in [-0.05, 0) is 48.4 Å². The molecule has 132 valence electrons. The third-order valence-corrected chi connectivity index (χ3v) is 4.27. The topological polar surface area (TPSA) is 49.4 Å². The Kier molecular flexibility index (Phi) is 7.29. The van der Waals surface area contributed by atoms with E-state index in [0.717, 1.165) is 5.56 Å². The molecule has 1 N–H and O–H groups in total. The minimum absolute atomic E-state index is 0.0252. The normalized spacial score (nSPS) is 10.4. The molecule has 0 aliphatic carbocycles. The van der Waals surface area contributed by atoms with E-state index in [2.05, 4.69) is 5.32 Å². The second-order valence-corrected chi connectivity index (χ2v) is 6.52. The fraction of sp³-hybridized carbons (Fsp3) is 0.263. The molecule has 0 heterocycles. The van der Waals surface area contributed by atoms with E-state index in [1.54, 1.807) is 29.2 Å². The number of carbonyl (C=O) groups is 2. The molecular formula is C19H20Cl2N2O2. The molecule has 6 heteroatoms. The Balaban J connectivity index is 1.82. The number of hydrogen-bond acceptors (Lipinski definition) is 2. The molecule has 2 aromatic carbocycles. The van der Waals surface area contributed by atoms with Gasteiger partial charge in [-0.2, -0.15) is 0 Å². The van der Waals surface area contributed by atoms with E-state index < -0.39 is 0 Å². The molecule has 25 heavy (non-hydrogen) atoms. The molecule has 0 radical (unpaired) electrons. The van der Waals surface area contributed by atoms with Crippen LogP contribution < -0.4 is 5.32 Å². The third kappa shape index (κ3) is 6.40. The van der Waals surface area contributed by atoms with Crippen LogP contribution in [0.15, 0.2) is 48.5 Å². The molecule has 2 aromatic rings. The molecule has 2 amide bonds. The lowest BCUT2D eigenvalue weighted by Gasteiger charge is -2.21. The van der Waals surface area contributed by atoms with E-state index in [1.807, 2.05) is 24.3 Å². The number of rotatable bonds is 7. The predicted octanol–water partition coefficient (Wildman–Crippen LogP) is 3.81. The van der Waals surface area contributed by atoms with Gasteiger partial charge in [0.2, 0.25) is 5.91 Å². The van der Waals surface area contributed by atoms with Crippen molar-refractivity contribution in [1.82, 2.24) is 10.2 Å². The smallest absolute Gasteiger partial charge is 0.251 e. The third-order valence-electron chi connectivity index (χ3n) is 3.78. The molecule has 0 unspecified atom stereocenters. The van der Waals surface area contributed by atoms with Crippen LogP contribution in [0.5, 0.6) is 0 Å². The SMILES string of the molecule is CC(=O)N(CCNC(=O)c1ccc(Cl)cc1)CCc1cccc(Cl)c1. The summed E-state index contributed by atoms with van der Waals surface area (Å²) in [5.74, 6) is -0.210. The van der Waals surface area contributed by atoms with E-state index in [4.69, 9.17) is 23.2 Å². The summed E-state index contributed by atoms with van der Waals surface area (Å²) in [6, 6.07) is 14.3. The monoisotopic (exact) mass is 378 g/mol. The Morgan fingerprint density at radius 3 is 2.36 bits per heavy atom. The quantitative estimate of drug-likeness (QED) is 0.795. The van der Waals surface area contributed by atoms with E-state index >= 15 is 0 Å². The summed E-state index contributed by atoms with van der Waals surface area (Å²) < 4.78 is 0. The van der Waals surface area contributed by atoms with Gasteiger partial charge in [-0.15, -0.1) is 0 Å². The van der Waals surface area contributed by atoms with Crippen LogP contribution in [0.3, 0.4) is 0 Å². The Morgan fingerprint density at radius 2 is 1.72 bits per heavy atom. The Morgan fingerprint density at radius 1 is 1.00 bits per heavy atom. The Hall–Kier alpha value is -2.04. The van der Waals surface area contributed by atoms with Crippen molar-refractivity contribution in [3.8, 4) is 0 Å². The number of nitrogens with one attached hydrogen (secondary N) is 1. The molecule has 0 aliphatic heterocycles. The van der Waals surface area contributed by atoms with Crippen LogP contribution >= 0.6 is 23.2 Å². The number of carbonyl (C=O) groups excluding carboxylic acids is 2. The standard InChI is InChI=1S/C19H20Cl2N2O2/c1-14(24)23(11-9-15-3-2-4-18(21)13-15)12-10-22-19(25)16-5-7-17(20)8-6-16/h2-8,13H,9-12H2,1H3,(H,22,25). The Labute approximate surface area is 157 Å². The van der Waals surface area contributed by atoms with Gasteiger partial charge in [-0.1, -0.05) is 35.3 Å². The number of amides is 2. The van der Waals surface area contributed by atoms with Crippen LogP contribution in [0.2, 0.25) is 10.0 Å². The van der Waals surface area contributed by atoms with Gasteiger partial charge in [0.1, 0.15) is 0 Å². The molecule has 2 rings (SSSR count). The van der Waals surface area contributed by atoms with Crippen molar-refractivity contribution in [2.45, 2.75) is 13.3 Å². The van der Waals surface area contributed by atoms with Gasteiger partial charge in [0.15, 0.2) is 0 Å². The lowest BCUT2D eigenvalue weighted by Crippen LogP contribution is -2.38. The van der Waals surface area contributed by atoms with E-state index in [9.17, 15) is 9.59 Å². The molecule has 4 nitrogen and oxygen atoms in total. The number of benzene rings is 2. The number of nitrogens with zero attached hydrogens (tertiary/aromatic N) is 1. The zero-order valence-corrected chi connectivity index (χ0v) is 15.5. The van der Waals surface area contributed by atoms with Crippen molar-refractivity contribution < 1.29 is 9.59 Å². The fourth-order valence-corrected chi connectivity index (χ4v) is 2.73. The van der Waals surface area contributed by atoms with Crippen molar-refractivity contribution >= 4 is 35.0 Å². The van der Waals surface area contributed by atoms with Gasteiger partial charge in [0, 0.05) is 42.2 Å². The molecule has 0 atom stereocenters. The highest BCUT2D eigenvalue weighted by atomic mass is 35.5. The maximum Gasteiger partial charge on any atom is 0.251 e. The average Bonchev–Trinajstić information content (AvgIpc) is 2.58. The highest BCUT2D eigenvalue weighted by Gasteiger charge is 2.10. The fourth-order valence-electron chi connectivity index (χ4n) is 2.39. The van der Waals surface area contributed by atoms with Gasteiger partial charge >= 0.3 is 0 Å². The summed E-state index contributed by atoms with van der Waals surface area (Å²) >= 11 is 11.8. The zero-order valence-electron chi connectivity index (χ0n) is 14.0. The summed E-state index contributed by atoms with van der Waals surface area (Å²) in [7, 11) is 0. The van der Waals surface area contributed by atoms with Crippen LogP contribution in [0, 0.1) is 0 Å². The van der Waals surface area contributed by atoms with Crippen LogP contribution in [0.25, 0.3) is 0 Å². The predicted molar refractivity (Wildman–Crippen MR) is 101 cm³/mol. The minimum Gasteiger partial charge on any atom is -0.350 e. The highest BCUT2D eigenvalue weighted by molar-refractivity contribution is 6.30. The lowest BCUT2D eigenvalue weighted by atomic mass is 10.1. The summed E-state index contributed by atoms with van der Waals surface area (Å²) in [6.45, 7) is 2.94. The van der Waals surface area contributed by atoms with Gasteiger partial charge in [0.25, 0.3) is 5.91 Å². The van der Waals surface area contributed by atoms with E-state index in [1.165, 1.54) is 6.92 Å². The second kappa shape index (κ2) is 9.44. The molecule has 0 spiro atoms. The van der Waals surface area contributed by atoms with Gasteiger partial charge in [-0.25, -0.2) is 0 Å². The first kappa shape index (κ1) is 19.3. The van der Waals surface area contributed by atoms with E-state index in [0.29, 0.717) is 41.7 Å². The molecule has 0 aliphatic rings. The first-order chi connectivity index (χ1) is 12.0. The van der Waals surface area contributed by atoms with Gasteiger partial charge in [-0.3, -0.25) is 9.59 Å². The number of halogens is 2. The maximum absolute atomic E-state index is 12.1. The van der Waals surface area contributed by atoms with Crippen LogP contribution in [-0.4, -0.2) is 36.3 Å². The van der Waals surface area contributed by atoms with Crippen molar-refractivity contribution in [3.05, 3.63) is 69.7 Å². The Bertz CT molecular complexity index is 732. The van der Waals surface area contributed by atoms with Crippen molar-refractivity contribution in [2.75, 3.05) is 19.6 Å². The van der Waals surface area contributed by atoms with Crippen molar-refractivity contribution in [2.24, 2.45) is 0 Å². The molecule has 0 saturated heterocycles. The summed E-state index contributed by atoms with van der Waals surface area (Å²) in [5, 5.41) is 4.08. The van der Waals surface area contributed by atoms with Crippen LogP contribution in [0.4, 0.5) is 0 Å². The minimum atomic E-state index is -0.185. The largest absolute Gasteiger partial charge is 0.350 e. The van der Waals surface area contributed by atoms with Crippen molar-refractivity contribution in [1.29, 1.82) is 0 Å². The van der Waals surface area contributed by atoms with E-state index in [-0.39, 0.29) is 11.8 Å². The van der Waals surface area contributed by atoms with Crippen LogP contribution in [0.1, 0.15) is 22.8 Å². The summed E-state index contributed by atoms with van der Waals surface area (Å²) in [4.78, 5) is 25.6. The second-order valence-electron chi connectivity index (χ2n) is 5.65. The van der Waals surface area contributed by atoms with Gasteiger partial charge < -0.3 is 10.2 Å². The zero-order chi connectivity index (χ0) is 18.2. The van der Waals surface area contributed by atoms with Crippen LogP contribution in [-0.2, 0) is 11.2 Å². The molecule has 0 bridgehead atoms. The highest BCUT2D eigenvalue weighted by Crippen LogP contribution is 2.12. The summed E-state index contributed by atoms with van der Waals surface area (Å²) in [5.41, 5.74) is 1.61. The lowest BCUT2D eigenvalue weighted by molar-refractivity contribution is -0.128. The number of hydrogen-bond donors (Lipinski definition) is 1. The molecule has 0 saturated carbocycles. The first-order valence-electron chi connectivity index (χ1n) is 7.99. The average molecular weight is 379 g/mol. The molecular weight excluding hydrogens is 359 g/mol. The maximum atomic E-state index is 12.1. The van der Waals surface area contributed by atoms with Crippen molar-refractivity contribution in [3.63, 3.8) is 0 Å². The molecule has 0 fully saturated rings. The summed E-state index contributed by atoms with van der Waals surface area (Å²) in [6.07, 6.45) is 0.714. The molecule has 0 aromatic heterocycles. The first-order valence-corrected chi connectivity index (χ1v) is 8.75.